The molecule has 0 saturated carbocycles. The van der Waals surface area contributed by atoms with E-state index in [0.29, 0.717) is 24.3 Å². The maximum atomic E-state index is 12.6. The Morgan fingerprint density at radius 2 is 1.77 bits per heavy atom. The lowest BCUT2D eigenvalue weighted by molar-refractivity contribution is 0.574. The van der Waals surface area contributed by atoms with Crippen LogP contribution in [-0.4, -0.2) is 29.1 Å². The molecule has 0 aliphatic carbocycles. The molecule has 140 valence electrons. The maximum Gasteiger partial charge on any atom is 0.261 e. The van der Waals surface area contributed by atoms with E-state index in [9.17, 15) is 16.8 Å². The van der Waals surface area contributed by atoms with E-state index in [4.69, 9.17) is 0 Å². The summed E-state index contributed by atoms with van der Waals surface area (Å²) < 4.78 is 53.7. The van der Waals surface area contributed by atoms with Gasteiger partial charge >= 0.3 is 0 Å². The van der Waals surface area contributed by atoms with Gasteiger partial charge in [0.25, 0.3) is 10.0 Å². The van der Waals surface area contributed by atoms with E-state index in [0.717, 1.165) is 17.5 Å². The van der Waals surface area contributed by atoms with Crippen LogP contribution in [0, 0.1) is 13.8 Å². The third-order valence-corrected chi connectivity index (χ3v) is 7.77. The molecule has 6 nitrogen and oxygen atoms in total. The SMILES string of the molecule is Cc1ccc(S(=O)(=O)Nc2cccc(N3CCCCS3(=O)=O)c2)cc1C. The zero-order valence-electron chi connectivity index (χ0n) is 14.8. The molecular formula is C18H22N2O4S2. The predicted octanol–water partition coefficient (Wildman–Crippen LogP) is 3.03. The fourth-order valence-electron chi connectivity index (χ4n) is 2.90. The third kappa shape index (κ3) is 3.86. The average molecular weight is 395 g/mol. The van der Waals surface area contributed by atoms with Crippen LogP contribution in [-0.2, 0) is 20.0 Å². The van der Waals surface area contributed by atoms with Gasteiger partial charge in [0.05, 0.1) is 22.0 Å². The van der Waals surface area contributed by atoms with Crippen LogP contribution in [0.5, 0.6) is 0 Å². The highest BCUT2D eigenvalue weighted by Gasteiger charge is 2.26. The van der Waals surface area contributed by atoms with Crippen molar-refractivity contribution in [1.29, 1.82) is 0 Å². The summed E-state index contributed by atoms with van der Waals surface area (Å²) >= 11 is 0. The highest BCUT2D eigenvalue weighted by molar-refractivity contribution is 7.93. The second kappa shape index (κ2) is 6.92. The number of anilines is 2. The van der Waals surface area contributed by atoms with Crippen molar-refractivity contribution in [2.75, 3.05) is 21.3 Å². The molecule has 1 fully saturated rings. The summed E-state index contributed by atoms with van der Waals surface area (Å²) in [6, 6.07) is 11.4. The molecule has 0 bridgehead atoms. The number of rotatable bonds is 4. The Labute approximate surface area is 155 Å². The first-order chi connectivity index (χ1) is 12.2. The molecule has 1 aliphatic heterocycles. The number of hydrogen-bond donors (Lipinski definition) is 1. The standard InChI is InChI=1S/C18H22N2O4S2/c1-14-8-9-18(12-15(14)2)26(23,24)19-16-6-5-7-17(13-16)20-10-3-4-11-25(20,21)22/h5-9,12-13,19H,3-4,10-11H2,1-2H3. The highest BCUT2D eigenvalue weighted by Crippen LogP contribution is 2.27. The number of aryl methyl sites for hydroxylation is 2. The summed E-state index contributed by atoms with van der Waals surface area (Å²) in [6.07, 6.45) is 1.44. The Kier molecular flexibility index (Phi) is 4.98. The smallest absolute Gasteiger partial charge is 0.261 e. The van der Waals surface area contributed by atoms with Crippen LogP contribution >= 0.6 is 0 Å². The third-order valence-electron chi connectivity index (χ3n) is 4.52. The molecule has 3 rings (SSSR count). The zero-order valence-corrected chi connectivity index (χ0v) is 16.4. The number of sulfonamides is 2. The van der Waals surface area contributed by atoms with E-state index in [2.05, 4.69) is 4.72 Å². The van der Waals surface area contributed by atoms with Crippen molar-refractivity contribution in [3.8, 4) is 0 Å². The van der Waals surface area contributed by atoms with E-state index >= 15 is 0 Å². The quantitative estimate of drug-likeness (QED) is 0.864. The van der Waals surface area contributed by atoms with Crippen LogP contribution in [0.1, 0.15) is 24.0 Å². The van der Waals surface area contributed by atoms with E-state index in [1.54, 1.807) is 42.5 Å². The highest BCUT2D eigenvalue weighted by atomic mass is 32.2. The normalized spacial score (nSPS) is 17.1. The molecule has 1 saturated heterocycles. The van der Waals surface area contributed by atoms with Gasteiger partial charge in [0.2, 0.25) is 10.0 Å². The maximum absolute atomic E-state index is 12.6. The van der Waals surface area contributed by atoms with Gasteiger partial charge in [-0.25, -0.2) is 16.8 Å². The average Bonchev–Trinajstić information content (AvgIpc) is 2.56. The first kappa shape index (κ1) is 18.7. The van der Waals surface area contributed by atoms with Gasteiger partial charge in [0.15, 0.2) is 0 Å². The number of nitrogens with one attached hydrogen (secondary N) is 1. The second-order valence-electron chi connectivity index (χ2n) is 6.50. The van der Waals surface area contributed by atoms with Crippen LogP contribution < -0.4 is 9.03 Å². The first-order valence-electron chi connectivity index (χ1n) is 8.40. The van der Waals surface area contributed by atoms with Crippen molar-refractivity contribution < 1.29 is 16.8 Å². The first-order valence-corrected chi connectivity index (χ1v) is 11.5. The minimum Gasteiger partial charge on any atom is -0.280 e. The van der Waals surface area contributed by atoms with Crippen LogP contribution in [0.2, 0.25) is 0 Å². The van der Waals surface area contributed by atoms with Crippen LogP contribution in [0.15, 0.2) is 47.4 Å². The van der Waals surface area contributed by atoms with Crippen molar-refractivity contribution in [2.45, 2.75) is 31.6 Å². The second-order valence-corrected chi connectivity index (χ2v) is 10.2. The van der Waals surface area contributed by atoms with Gasteiger partial charge in [-0.1, -0.05) is 12.1 Å². The zero-order chi connectivity index (χ0) is 18.9. The fourth-order valence-corrected chi connectivity index (χ4v) is 5.66. The minimum absolute atomic E-state index is 0.117. The van der Waals surface area contributed by atoms with Gasteiger partial charge < -0.3 is 0 Å². The Morgan fingerprint density at radius 3 is 2.46 bits per heavy atom. The molecule has 0 aromatic heterocycles. The number of nitrogens with zero attached hydrogens (tertiary/aromatic N) is 1. The van der Waals surface area contributed by atoms with E-state index in [-0.39, 0.29) is 10.6 Å². The molecule has 0 radical (unpaired) electrons. The van der Waals surface area contributed by atoms with Gasteiger partial charge in [-0.3, -0.25) is 9.03 Å². The van der Waals surface area contributed by atoms with Crippen molar-refractivity contribution in [3.05, 3.63) is 53.6 Å². The molecule has 26 heavy (non-hydrogen) atoms. The Bertz CT molecular complexity index is 1030. The number of benzene rings is 2. The van der Waals surface area contributed by atoms with Crippen molar-refractivity contribution in [3.63, 3.8) is 0 Å². The summed E-state index contributed by atoms with van der Waals surface area (Å²) in [5, 5.41) is 0. The molecule has 1 heterocycles. The number of hydrogen-bond acceptors (Lipinski definition) is 4. The molecule has 1 N–H and O–H groups in total. The van der Waals surface area contributed by atoms with Crippen LogP contribution in [0.4, 0.5) is 11.4 Å². The van der Waals surface area contributed by atoms with Gasteiger partial charge in [-0.2, -0.15) is 0 Å². The predicted molar refractivity (Wildman–Crippen MR) is 104 cm³/mol. The van der Waals surface area contributed by atoms with Gasteiger partial charge in [-0.05, 0) is 68.1 Å². The Morgan fingerprint density at radius 1 is 1.00 bits per heavy atom. The van der Waals surface area contributed by atoms with Crippen molar-refractivity contribution >= 4 is 31.4 Å². The summed E-state index contributed by atoms with van der Waals surface area (Å²) in [4.78, 5) is 0.177. The van der Waals surface area contributed by atoms with Gasteiger partial charge in [0, 0.05) is 6.54 Å². The Hall–Kier alpha value is -2.06. The van der Waals surface area contributed by atoms with Crippen LogP contribution in [0.3, 0.4) is 0 Å². The summed E-state index contributed by atoms with van der Waals surface area (Å²) in [5.74, 6) is 0.117. The monoisotopic (exact) mass is 394 g/mol. The molecule has 8 heteroatoms. The van der Waals surface area contributed by atoms with E-state index in [1.165, 1.54) is 4.31 Å². The van der Waals surface area contributed by atoms with Crippen molar-refractivity contribution in [1.82, 2.24) is 0 Å². The summed E-state index contributed by atoms with van der Waals surface area (Å²) in [6.45, 7) is 4.19. The van der Waals surface area contributed by atoms with E-state index in [1.807, 2.05) is 13.8 Å². The molecular weight excluding hydrogens is 372 g/mol. The molecule has 0 unspecified atom stereocenters. The molecule has 0 spiro atoms. The summed E-state index contributed by atoms with van der Waals surface area (Å²) in [5.41, 5.74) is 2.72. The minimum atomic E-state index is -3.75. The molecule has 0 amide bonds. The lowest BCUT2D eigenvalue weighted by atomic mass is 10.1. The molecule has 0 atom stereocenters. The largest absolute Gasteiger partial charge is 0.280 e. The Balaban J connectivity index is 1.90. The molecule has 2 aromatic rings. The fraction of sp³-hybridized carbons (Fsp3) is 0.333. The van der Waals surface area contributed by atoms with Gasteiger partial charge in [-0.15, -0.1) is 0 Å². The van der Waals surface area contributed by atoms with Gasteiger partial charge in [0.1, 0.15) is 0 Å². The lowest BCUT2D eigenvalue weighted by Crippen LogP contribution is -2.37. The molecule has 2 aromatic carbocycles. The summed E-state index contributed by atoms with van der Waals surface area (Å²) in [7, 11) is -7.09. The van der Waals surface area contributed by atoms with Crippen molar-refractivity contribution in [2.24, 2.45) is 0 Å². The van der Waals surface area contributed by atoms with Crippen LogP contribution in [0.25, 0.3) is 0 Å². The topological polar surface area (TPSA) is 83.6 Å². The lowest BCUT2D eigenvalue weighted by Gasteiger charge is -2.28. The molecule has 1 aliphatic rings. The van der Waals surface area contributed by atoms with E-state index < -0.39 is 20.0 Å².